The predicted octanol–water partition coefficient (Wildman–Crippen LogP) is 4.29. The fourth-order valence-electron chi connectivity index (χ4n) is 4.90. The summed E-state index contributed by atoms with van der Waals surface area (Å²) in [6.45, 7) is 15.1. The third-order valence-electron chi connectivity index (χ3n) is 5.78. The normalized spacial score (nSPS) is 36.6. The summed E-state index contributed by atoms with van der Waals surface area (Å²) in [6.07, 6.45) is 8.59. The summed E-state index contributed by atoms with van der Waals surface area (Å²) in [4.78, 5) is 0. The van der Waals surface area contributed by atoms with Crippen molar-refractivity contribution >= 4 is 17.9 Å². The maximum atomic E-state index is 2.93. The Hall–Kier alpha value is 0.354. The standard InChI is InChI=1S/C17H36N2Si2/c1-14-9-7-10-15(2)18(14)20(5)13-21(6)19-16(3)11-8-12-17(19)4/h14-17H,7-13H2,1-6H3. The van der Waals surface area contributed by atoms with Gasteiger partial charge in [-0.1, -0.05) is 53.6 Å². The van der Waals surface area contributed by atoms with Crippen LogP contribution in [0.5, 0.6) is 0 Å². The topological polar surface area (TPSA) is 6.48 Å². The highest BCUT2D eigenvalue weighted by Crippen LogP contribution is 2.28. The van der Waals surface area contributed by atoms with E-state index in [1.54, 1.807) is 0 Å². The first-order valence-corrected chi connectivity index (χ1v) is 13.4. The van der Waals surface area contributed by atoms with Gasteiger partial charge in [-0.25, -0.2) is 0 Å². The minimum atomic E-state index is -0.344. The molecule has 0 spiro atoms. The summed E-state index contributed by atoms with van der Waals surface area (Å²) < 4.78 is 5.86. The molecule has 21 heavy (non-hydrogen) atoms. The SMILES string of the molecule is CC1CCCC(C)N1[Si](C)C[Si](C)N1C(C)CCCC1C. The molecule has 0 aliphatic carbocycles. The molecule has 2 radical (unpaired) electrons. The van der Waals surface area contributed by atoms with Crippen LogP contribution in [-0.4, -0.2) is 51.2 Å². The van der Waals surface area contributed by atoms with Crippen LogP contribution in [-0.2, 0) is 0 Å². The van der Waals surface area contributed by atoms with Crippen molar-refractivity contribution in [3.8, 4) is 0 Å². The molecule has 0 bridgehead atoms. The van der Waals surface area contributed by atoms with Crippen molar-refractivity contribution in [1.82, 2.24) is 9.13 Å². The molecule has 0 amide bonds. The summed E-state index contributed by atoms with van der Waals surface area (Å²) in [7, 11) is -0.689. The van der Waals surface area contributed by atoms with Crippen LogP contribution >= 0.6 is 0 Å². The predicted molar refractivity (Wildman–Crippen MR) is 97.3 cm³/mol. The first-order valence-electron chi connectivity index (χ1n) is 9.13. The van der Waals surface area contributed by atoms with Crippen LogP contribution in [0.3, 0.4) is 0 Å². The summed E-state index contributed by atoms with van der Waals surface area (Å²) in [5.74, 6) is 0. The van der Waals surface area contributed by atoms with Gasteiger partial charge in [0.05, 0.1) is 0 Å². The Balaban J connectivity index is 1.95. The van der Waals surface area contributed by atoms with Crippen LogP contribution < -0.4 is 0 Å². The van der Waals surface area contributed by atoms with Gasteiger partial charge in [-0.3, -0.25) is 0 Å². The van der Waals surface area contributed by atoms with E-state index >= 15 is 0 Å². The fourth-order valence-corrected chi connectivity index (χ4v) is 12.8. The van der Waals surface area contributed by atoms with Crippen molar-refractivity contribution < 1.29 is 0 Å². The zero-order valence-corrected chi connectivity index (χ0v) is 17.2. The van der Waals surface area contributed by atoms with Crippen molar-refractivity contribution in [1.29, 1.82) is 0 Å². The second kappa shape index (κ2) is 7.76. The molecule has 0 aromatic heterocycles. The lowest BCUT2D eigenvalue weighted by atomic mass is 10.0. The van der Waals surface area contributed by atoms with Gasteiger partial charge in [-0.2, -0.15) is 0 Å². The van der Waals surface area contributed by atoms with E-state index in [1.165, 1.54) is 44.2 Å². The third-order valence-corrected chi connectivity index (χ3v) is 13.4. The highest BCUT2D eigenvalue weighted by Gasteiger charge is 2.35. The molecule has 4 atom stereocenters. The largest absolute Gasteiger partial charge is 0.320 e. The van der Waals surface area contributed by atoms with E-state index < -0.39 is 0 Å². The lowest BCUT2D eigenvalue weighted by Gasteiger charge is -2.46. The molecule has 122 valence electrons. The zero-order valence-electron chi connectivity index (χ0n) is 15.2. The van der Waals surface area contributed by atoms with Crippen molar-refractivity contribution in [2.45, 2.75) is 109 Å². The molecule has 2 nitrogen and oxygen atoms in total. The van der Waals surface area contributed by atoms with E-state index in [0.29, 0.717) is 0 Å². The van der Waals surface area contributed by atoms with Gasteiger partial charge in [0.2, 0.25) is 0 Å². The summed E-state index contributed by atoms with van der Waals surface area (Å²) >= 11 is 0. The first-order chi connectivity index (χ1) is 9.91. The van der Waals surface area contributed by atoms with E-state index in [-0.39, 0.29) is 17.9 Å². The van der Waals surface area contributed by atoms with Crippen LogP contribution in [0, 0.1) is 0 Å². The number of piperidine rings is 2. The van der Waals surface area contributed by atoms with Crippen LogP contribution in [0.4, 0.5) is 0 Å². The van der Waals surface area contributed by atoms with Crippen molar-refractivity contribution in [3.05, 3.63) is 0 Å². The van der Waals surface area contributed by atoms with Gasteiger partial charge in [0, 0.05) is 24.2 Å². The Labute approximate surface area is 136 Å². The molecule has 0 aromatic rings. The van der Waals surface area contributed by atoms with Crippen LogP contribution in [0.2, 0.25) is 18.8 Å². The Kier molecular flexibility index (Phi) is 6.54. The second-order valence-corrected chi connectivity index (χ2v) is 13.1. The smallest absolute Gasteiger partial charge is 0.131 e. The lowest BCUT2D eigenvalue weighted by molar-refractivity contribution is 0.195. The summed E-state index contributed by atoms with van der Waals surface area (Å²) in [5.41, 5.74) is 1.53. The quantitative estimate of drug-likeness (QED) is 0.712. The van der Waals surface area contributed by atoms with Crippen molar-refractivity contribution in [2.24, 2.45) is 0 Å². The number of hydrogen-bond acceptors (Lipinski definition) is 2. The summed E-state index contributed by atoms with van der Waals surface area (Å²) in [6, 6.07) is 3.33. The van der Waals surface area contributed by atoms with Crippen molar-refractivity contribution in [3.63, 3.8) is 0 Å². The van der Waals surface area contributed by atoms with E-state index in [0.717, 1.165) is 24.2 Å². The van der Waals surface area contributed by atoms with Gasteiger partial charge < -0.3 is 9.13 Å². The highest BCUT2D eigenvalue weighted by molar-refractivity contribution is 6.73. The molecule has 2 rings (SSSR count). The van der Waals surface area contributed by atoms with Gasteiger partial charge in [0.15, 0.2) is 0 Å². The second-order valence-electron chi connectivity index (χ2n) is 7.72. The van der Waals surface area contributed by atoms with Gasteiger partial charge in [0.25, 0.3) is 0 Å². The van der Waals surface area contributed by atoms with Crippen LogP contribution in [0.15, 0.2) is 0 Å². The first kappa shape index (κ1) is 17.7. The van der Waals surface area contributed by atoms with E-state index in [9.17, 15) is 0 Å². The maximum absolute atomic E-state index is 2.93. The molecule has 4 unspecified atom stereocenters. The zero-order chi connectivity index (χ0) is 15.6. The molecule has 2 aliphatic rings. The Morgan fingerprint density at radius 1 is 0.667 bits per heavy atom. The molecular weight excluding hydrogens is 288 g/mol. The summed E-state index contributed by atoms with van der Waals surface area (Å²) in [5, 5.41) is 0. The van der Waals surface area contributed by atoms with Gasteiger partial charge >= 0.3 is 0 Å². The molecule has 2 heterocycles. The van der Waals surface area contributed by atoms with Crippen molar-refractivity contribution in [2.75, 3.05) is 0 Å². The Bertz CT molecular complexity index is 276. The molecule has 2 aliphatic heterocycles. The van der Waals surface area contributed by atoms with Gasteiger partial charge in [-0.15, -0.1) is 0 Å². The molecule has 0 aromatic carbocycles. The third kappa shape index (κ3) is 4.21. The van der Waals surface area contributed by atoms with Gasteiger partial charge in [0.1, 0.15) is 17.9 Å². The van der Waals surface area contributed by atoms with E-state index in [4.69, 9.17) is 0 Å². The minimum absolute atomic E-state index is 0.344. The van der Waals surface area contributed by atoms with Crippen LogP contribution in [0.1, 0.15) is 66.2 Å². The van der Waals surface area contributed by atoms with E-state index in [1.807, 2.05) is 0 Å². The highest BCUT2D eigenvalue weighted by atomic mass is 28.3. The number of hydrogen-bond donors (Lipinski definition) is 0. The molecule has 2 saturated heterocycles. The van der Waals surface area contributed by atoms with E-state index in [2.05, 4.69) is 49.9 Å². The lowest BCUT2D eigenvalue weighted by Crippen LogP contribution is -2.57. The average Bonchev–Trinajstić information content (AvgIpc) is 2.38. The molecule has 4 heteroatoms. The minimum Gasteiger partial charge on any atom is -0.320 e. The molecule has 0 N–H and O–H groups in total. The maximum Gasteiger partial charge on any atom is 0.131 e. The number of nitrogens with zero attached hydrogens (tertiary/aromatic N) is 2. The molecule has 0 saturated carbocycles. The molecular formula is C17H36N2Si2. The Morgan fingerprint density at radius 3 is 1.24 bits per heavy atom. The Morgan fingerprint density at radius 2 is 0.952 bits per heavy atom. The monoisotopic (exact) mass is 324 g/mol. The molecule has 2 fully saturated rings. The number of rotatable bonds is 4. The van der Waals surface area contributed by atoms with Crippen LogP contribution in [0.25, 0.3) is 0 Å². The van der Waals surface area contributed by atoms with Gasteiger partial charge in [-0.05, 0) is 31.4 Å². The fraction of sp³-hybridized carbons (Fsp3) is 1.00. The average molecular weight is 325 g/mol.